The van der Waals surface area contributed by atoms with Crippen molar-refractivity contribution >= 4 is 0 Å². The summed E-state index contributed by atoms with van der Waals surface area (Å²) < 4.78 is 11.5. The molecule has 0 amide bonds. The molecule has 0 saturated heterocycles. The van der Waals surface area contributed by atoms with Gasteiger partial charge in [-0.05, 0) is 43.0 Å². The Bertz CT molecular complexity index is 404. The first kappa shape index (κ1) is 16.3. The molecule has 0 aromatic heterocycles. The lowest BCUT2D eigenvalue weighted by molar-refractivity contribution is 0.0372. The Balaban J connectivity index is 1.88. The summed E-state index contributed by atoms with van der Waals surface area (Å²) in [6.45, 7) is 4.95. The van der Waals surface area contributed by atoms with E-state index >= 15 is 0 Å². The Morgan fingerprint density at radius 1 is 1.33 bits per heavy atom. The van der Waals surface area contributed by atoms with Gasteiger partial charge in [0.25, 0.3) is 0 Å². The predicted molar refractivity (Wildman–Crippen MR) is 86.8 cm³/mol. The molecule has 0 aliphatic heterocycles. The van der Waals surface area contributed by atoms with Gasteiger partial charge in [0.1, 0.15) is 5.75 Å². The lowest BCUT2D eigenvalue weighted by atomic mass is 9.83. The molecule has 1 aliphatic carbocycles. The van der Waals surface area contributed by atoms with Crippen LogP contribution in [0.2, 0.25) is 0 Å². The molecule has 2 rings (SSSR count). The molecule has 0 heterocycles. The fourth-order valence-corrected chi connectivity index (χ4v) is 2.68. The molecule has 0 radical (unpaired) electrons. The third-order valence-corrected chi connectivity index (χ3v) is 4.29. The highest BCUT2D eigenvalue weighted by Gasteiger charge is 2.18. The normalized spacial score (nSPS) is 16.5. The van der Waals surface area contributed by atoms with Crippen LogP contribution in [-0.4, -0.2) is 26.8 Å². The van der Waals surface area contributed by atoms with Crippen molar-refractivity contribution in [3.63, 3.8) is 0 Å². The zero-order chi connectivity index (χ0) is 14.9. The summed E-state index contributed by atoms with van der Waals surface area (Å²) in [6, 6.07) is 8.23. The van der Waals surface area contributed by atoms with Crippen LogP contribution in [0.4, 0.5) is 0 Å². The third-order valence-electron chi connectivity index (χ3n) is 4.29. The standard InChI is InChI=1S/C18H29NO2/c1-3-11-19-14-18(21-12-10-15-6-4-7-15)16-8-5-9-17(13-16)20-2/h5,8-9,13,15,18-19H,3-4,6-7,10-12,14H2,1-2H3. The van der Waals surface area contributed by atoms with Crippen molar-refractivity contribution in [3.8, 4) is 5.75 Å². The molecular weight excluding hydrogens is 262 g/mol. The maximum atomic E-state index is 6.16. The van der Waals surface area contributed by atoms with E-state index in [1.165, 1.54) is 31.2 Å². The van der Waals surface area contributed by atoms with Gasteiger partial charge in [0.2, 0.25) is 0 Å². The van der Waals surface area contributed by atoms with Gasteiger partial charge < -0.3 is 14.8 Å². The van der Waals surface area contributed by atoms with E-state index in [0.29, 0.717) is 0 Å². The Labute approximate surface area is 129 Å². The minimum absolute atomic E-state index is 0.117. The quantitative estimate of drug-likeness (QED) is 0.662. The molecule has 0 spiro atoms. The van der Waals surface area contributed by atoms with Crippen LogP contribution in [0.5, 0.6) is 5.75 Å². The molecule has 1 atom stereocenters. The first-order chi connectivity index (χ1) is 10.3. The Kier molecular flexibility index (Phi) is 7.04. The summed E-state index contributed by atoms with van der Waals surface area (Å²) >= 11 is 0. The van der Waals surface area contributed by atoms with Crippen LogP contribution >= 0.6 is 0 Å². The summed E-state index contributed by atoms with van der Waals surface area (Å²) in [7, 11) is 1.71. The van der Waals surface area contributed by atoms with Gasteiger partial charge >= 0.3 is 0 Å². The van der Waals surface area contributed by atoms with Crippen LogP contribution in [0.15, 0.2) is 24.3 Å². The molecule has 1 fully saturated rings. The van der Waals surface area contributed by atoms with Gasteiger partial charge in [0, 0.05) is 13.2 Å². The zero-order valence-electron chi connectivity index (χ0n) is 13.4. The molecule has 1 unspecified atom stereocenters. The average Bonchev–Trinajstić information content (AvgIpc) is 2.48. The molecule has 21 heavy (non-hydrogen) atoms. The van der Waals surface area contributed by atoms with E-state index in [1.807, 2.05) is 12.1 Å². The number of ether oxygens (including phenoxy) is 2. The monoisotopic (exact) mass is 291 g/mol. The fourth-order valence-electron chi connectivity index (χ4n) is 2.68. The molecule has 1 aromatic rings. The summed E-state index contributed by atoms with van der Waals surface area (Å²) in [5, 5.41) is 3.47. The topological polar surface area (TPSA) is 30.5 Å². The van der Waals surface area contributed by atoms with E-state index in [-0.39, 0.29) is 6.10 Å². The number of hydrogen-bond acceptors (Lipinski definition) is 3. The van der Waals surface area contributed by atoms with E-state index in [4.69, 9.17) is 9.47 Å². The second kappa shape index (κ2) is 9.06. The highest BCUT2D eigenvalue weighted by atomic mass is 16.5. The van der Waals surface area contributed by atoms with Crippen LogP contribution in [0.25, 0.3) is 0 Å². The largest absolute Gasteiger partial charge is 0.497 e. The van der Waals surface area contributed by atoms with Crippen molar-refractivity contribution in [3.05, 3.63) is 29.8 Å². The Morgan fingerprint density at radius 2 is 2.19 bits per heavy atom. The van der Waals surface area contributed by atoms with Crippen molar-refractivity contribution < 1.29 is 9.47 Å². The molecule has 118 valence electrons. The van der Waals surface area contributed by atoms with E-state index < -0.39 is 0 Å². The number of nitrogens with one attached hydrogen (secondary N) is 1. The van der Waals surface area contributed by atoms with Gasteiger partial charge in [-0.25, -0.2) is 0 Å². The highest BCUT2D eigenvalue weighted by Crippen LogP contribution is 2.30. The van der Waals surface area contributed by atoms with Crippen LogP contribution in [0.1, 0.15) is 50.7 Å². The van der Waals surface area contributed by atoms with E-state index in [2.05, 4.69) is 24.4 Å². The number of hydrogen-bond donors (Lipinski definition) is 1. The number of benzene rings is 1. The first-order valence-electron chi connectivity index (χ1n) is 8.29. The van der Waals surface area contributed by atoms with E-state index in [1.54, 1.807) is 7.11 Å². The summed E-state index contributed by atoms with van der Waals surface area (Å²) in [5.74, 6) is 1.80. The molecule has 3 nitrogen and oxygen atoms in total. The van der Waals surface area contributed by atoms with Crippen LogP contribution in [0, 0.1) is 5.92 Å². The smallest absolute Gasteiger partial charge is 0.119 e. The van der Waals surface area contributed by atoms with Gasteiger partial charge in [-0.3, -0.25) is 0 Å². The molecule has 1 aromatic carbocycles. The van der Waals surface area contributed by atoms with Crippen molar-refractivity contribution in [2.75, 3.05) is 26.8 Å². The second-order valence-electron chi connectivity index (χ2n) is 5.93. The molecule has 0 bridgehead atoms. The van der Waals surface area contributed by atoms with Crippen molar-refractivity contribution in [1.29, 1.82) is 0 Å². The molecule has 1 N–H and O–H groups in total. The SMILES string of the molecule is CCCNCC(OCCC1CCC1)c1cccc(OC)c1. The van der Waals surface area contributed by atoms with Gasteiger partial charge in [-0.1, -0.05) is 38.3 Å². The molecule has 1 aliphatic rings. The summed E-state index contributed by atoms with van der Waals surface area (Å²) in [4.78, 5) is 0. The lowest BCUT2D eigenvalue weighted by Gasteiger charge is -2.26. The maximum absolute atomic E-state index is 6.16. The lowest BCUT2D eigenvalue weighted by Crippen LogP contribution is -2.25. The van der Waals surface area contributed by atoms with E-state index in [9.17, 15) is 0 Å². The van der Waals surface area contributed by atoms with Crippen LogP contribution in [0.3, 0.4) is 0 Å². The van der Waals surface area contributed by atoms with Gasteiger partial charge in [0.05, 0.1) is 13.2 Å². The Morgan fingerprint density at radius 3 is 2.86 bits per heavy atom. The minimum atomic E-state index is 0.117. The predicted octanol–water partition coefficient (Wildman–Crippen LogP) is 3.94. The summed E-state index contributed by atoms with van der Waals surface area (Å²) in [6.07, 6.45) is 6.65. The fraction of sp³-hybridized carbons (Fsp3) is 0.667. The number of rotatable bonds is 10. The zero-order valence-corrected chi connectivity index (χ0v) is 13.4. The van der Waals surface area contributed by atoms with Crippen molar-refractivity contribution in [2.45, 2.75) is 45.1 Å². The van der Waals surface area contributed by atoms with Gasteiger partial charge in [-0.2, -0.15) is 0 Å². The van der Waals surface area contributed by atoms with Crippen molar-refractivity contribution in [2.24, 2.45) is 5.92 Å². The maximum Gasteiger partial charge on any atom is 0.119 e. The minimum Gasteiger partial charge on any atom is -0.497 e. The Hall–Kier alpha value is -1.06. The number of methoxy groups -OCH3 is 1. The highest BCUT2D eigenvalue weighted by molar-refractivity contribution is 5.30. The van der Waals surface area contributed by atoms with E-state index in [0.717, 1.165) is 37.8 Å². The molecule has 3 heteroatoms. The third kappa shape index (κ3) is 5.33. The second-order valence-corrected chi connectivity index (χ2v) is 5.93. The van der Waals surface area contributed by atoms with Crippen molar-refractivity contribution in [1.82, 2.24) is 5.32 Å². The van der Waals surface area contributed by atoms with Gasteiger partial charge in [-0.15, -0.1) is 0 Å². The first-order valence-corrected chi connectivity index (χ1v) is 8.29. The molecular formula is C18H29NO2. The average molecular weight is 291 g/mol. The van der Waals surface area contributed by atoms with Gasteiger partial charge in [0.15, 0.2) is 0 Å². The molecule has 1 saturated carbocycles. The van der Waals surface area contributed by atoms with Crippen LogP contribution < -0.4 is 10.1 Å². The van der Waals surface area contributed by atoms with Crippen LogP contribution in [-0.2, 0) is 4.74 Å². The summed E-state index contributed by atoms with van der Waals surface area (Å²) in [5.41, 5.74) is 1.20.